The Hall–Kier alpha value is -1.73. The molecule has 0 unspecified atom stereocenters. The highest BCUT2D eigenvalue weighted by Crippen LogP contribution is 2.25. The molecule has 0 atom stereocenters. The summed E-state index contributed by atoms with van der Waals surface area (Å²) in [6, 6.07) is 7.12. The largest absolute Gasteiger partial charge is 0.481 e. The first kappa shape index (κ1) is 12.3. The Morgan fingerprint density at radius 3 is 2.88 bits per heavy atom. The Kier molecular flexibility index (Phi) is 4.15. The highest BCUT2D eigenvalue weighted by molar-refractivity contribution is 6.32. The molecule has 1 aromatic carbocycles. The van der Waals surface area contributed by atoms with Crippen molar-refractivity contribution < 1.29 is 9.90 Å². The van der Waals surface area contributed by atoms with Crippen LogP contribution in [-0.4, -0.2) is 24.7 Å². The summed E-state index contributed by atoms with van der Waals surface area (Å²) in [5, 5.41) is 17.9. The van der Waals surface area contributed by atoms with Gasteiger partial charge < -0.3 is 10.0 Å². The van der Waals surface area contributed by atoms with Crippen molar-refractivity contribution in [2.24, 2.45) is 0 Å². The van der Waals surface area contributed by atoms with Crippen LogP contribution < -0.4 is 4.90 Å². The molecule has 0 amide bonds. The summed E-state index contributed by atoms with van der Waals surface area (Å²) in [5.74, 6) is -0.868. The smallest absolute Gasteiger partial charge is 0.305 e. The predicted octanol–water partition coefficient (Wildman–Crippen LogP) is 2.12. The van der Waals surface area contributed by atoms with E-state index in [2.05, 4.69) is 0 Å². The summed E-state index contributed by atoms with van der Waals surface area (Å²) in [6.45, 7) is 0.338. The SMILES string of the molecule is CN(CCC(=O)O)c1cccc(Cl)c1C#N. The Bertz CT molecular complexity index is 440. The van der Waals surface area contributed by atoms with Crippen LogP contribution in [0.25, 0.3) is 0 Å². The third-order valence-electron chi connectivity index (χ3n) is 2.18. The molecule has 5 heteroatoms. The van der Waals surface area contributed by atoms with Crippen LogP contribution in [-0.2, 0) is 4.79 Å². The third-order valence-corrected chi connectivity index (χ3v) is 2.49. The summed E-state index contributed by atoms with van der Waals surface area (Å²) >= 11 is 5.87. The Balaban J connectivity index is 2.91. The van der Waals surface area contributed by atoms with E-state index >= 15 is 0 Å². The van der Waals surface area contributed by atoms with E-state index in [0.29, 0.717) is 22.8 Å². The molecule has 0 aliphatic rings. The van der Waals surface area contributed by atoms with E-state index in [-0.39, 0.29) is 6.42 Å². The number of halogens is 1. The van der Waals surface area contributed by atoms with Gasteiger partial charge >= 0.3 is 5.97 Å². The van der Waals surface area contributed by atoms with Gasteiger partial charge in [-0.25, -0.2) is 0 Å². The second-order valence-corrected chi connectivity index (χ2v) is 3.72. The maximum Gasteiger partial charge on any atom is 0.305 e. The molecule has 1 aromatic rings. The van der Waals surface area contributed by atoms with Crippen LogP contribution in [0.15, 0.2) is 18.2 Å². The van der Waals surface area contributed by atoms with Crippen LogP contribution in [0.2, 0.25) is 5.02 Å². The van der Waals surface area contributed by atoms with Gasteiger partial charge in [0.15, 0.2) is 0 Å². The van der Waals surface area contributed by atoms with Crippen LogP contribution in [0.4, 0.5) is 5.69 Å². The van der Waals surface area contributed by atoms with Gasteiger partial charge in [-0.1, -0.05) is 17.7 Å². The first-order chi connectivity index (χ1) is 7.56. The van der Waals surface area contributed by atoms with E-state index in [9.17, 15) is 4.79 Å². The third kappa shape index (κ3) is 2.88. The molecule has 0 radical (unpaired) electrons. The lowest BCUT2D eigenvalue weighted by Gasteiger charge is -2.19. The Labute approximate surface area is 98.7 Å². The number of carbonyl (C=O) groups is 1. The topological polar surface area (TPSA) is 64.3 Å². The number of carboxylic acids is 1. The monoisotopic (exact) mass is 238 g/mol. The van der Waals surface area contributed by atoms with Gasteiger partial charge in [-0.2, -0.15) is 5.26 Å². The average Bonchev–Trinajstić information content (AvgIpc) is 2.25. The van der Waals surface area contributed by atoms with E-state index in [1.165, 1.54) is 0 Å². The first-order valence-electron chi connectivity index (χ1n) is 4.67. The standard InChI is InChI=1S/C11H11ClN2O2/c1-14(6-5-11(15)16)10-4-2-3-9(12)8(10)7-13/h2-4H,5-6H2,1H3,(H,15,16). The van der Waals surface area contributed by atoms with Gasteiger partial charge in [-0.3, -0.25) is 4.79 Å². The second-order valence-electron chi connectivity index (χ2n) is 3.31. The van der Waals surface area contributed by atoms with E-state index in [0.717, 1.165) is 0 Å². The number of rotatable bonds is 4. The van der Waals surface area contributed by atoms with Crippen LogP contribution in [0.5, 0.6) is 0 Å². The van der Waals surface area contributed by atoms with Gasteiger partial charge in [-0.15, -0.1) is 0 Å². The fraction of sp³-hybridized carbons (Fsp3) is 0.273. The van der Waals surface area contributed by atoms with Crippen LogP contribution >= 0.6 is 11.6 Å². The van der Waals surface area contributed by atoms with Gasteiger partial charge in [0.25, 0.3) is 0 Å². The molecule has 0 heterocycles. The summed E-state index contributed by atoms with van der Waals surface area (Å²) in [6.07, 6.45) is 0.0217. The first-order valence-corrected chi connectivity index (χ1v) is 5.05. The maximum absolute atomic E-state index is 10.4. The van der Waals surface area contributed by atoms with E-state index in [4.69, 9.17) is 22.0 Å². The molecule has 4 nitrogen and oxygen atoms in total. The fourth-order valence-electron chi connectivity index (χ4n) is 1.33. The van der Waals surface area contributed by atoms with Crippen molar-refractivity contribution in [3.05, 3.63) is 28.8 Å². The molecular weight excluding hydrogens is 228 g/mol. The zero-order valence-electron chi connectivity index (χ0n) is 8.77. The van der Waals surface area contributed by atoms with Crippen molar-refractivity contribution >= 4 is 23.3 Å². The van der Waals surface area contributed by atoms with Crippen molar-refractivity contribution in [1.82, 2.24) is 0 Å². The highest BCUT2D eigenvalue weighted by atomic mass is 35.5. The van der Waals surface area contributed by atoms with E-state index in [1.54, 1.807) is 30.1 Å². The second kappa shape index (κ2) is 5.38. The van der Waals surface area contributed by atoms with Gasteiger partial charge in [0, 0.05) is 13.6 Å². The number of anilines is 1. The molecule has 0 spiro atoms. The van der Waals surface area contributed by atoms with Gasteiger partial charge in [0.2, 0.25) is 0 Å². The predicted molar refractivity (Wildman–Crippen MR) is 61.7 cm³/mol. The van der Waals surface area contributed by atoms with Gasteiger partial charge in [0.1, 0.15) is 6.07 Å². The lowest BCUT2D eigenvalue weighted by molar-refractivity contribution is -0.136. The van der Waals surface area contributed by atoms with Crippen molar-refractivity contribution in [3.8, 4) is 6.07 Å². The number of carboxylic acid groups (broad SMARTS) is 1. The molecule has 0 aliphatic carbocycles. The molecule has 84 valence electrons. The minimum atomic E-state index is -0.868. The number of aliphatic carboxylic acids is 1. The zero-order chi connectivity index (χ0) is 12.1. The van der Waals surface area contributed by atoms with Crippen LogP contribution in [0, 0.1) is 11.3 Å². The zero-order valence-corrected chi connectivity index (χ0v) is 9.53. The molecule has 1 N–H and O–H groups in total. The van der Waals surface area contributed by atoms with Crippen molar-refractivity contribution in [2.75, 3.05) is 18.5 Å². The number of benzene rings is 1. The van der Waals surface area contributed by atoms with Crippen LogP contribution in [0.1, 0.15) is 12.0 Å². The van der Waals surface area contributed by atoms with E-state index in [1.807, 2.05) is 6.07 Å². The molecule has 0 aliphatic heterocycles. The van der Waals surface area contributed by atoms with Crippen molar-refractivity contribution in [2.45, 2.75) is 6.42 Å². The van der Waals surface area contributed by atoms with Crippen LogP contribution in [0.3, 0.4) is 0 Å². The lowest BCUT2D eigenvalue weighted by Crippen LogP contribution is -2.21. The molecule has 0 bridgehead atoms. The highest BCUT2D eigenvalue weighted by Gasteiger charge is 2.11. The van der Waals surface area contributed by atoms with Crippen molar-refractivity contribution in [3.63, 3.8) is 0 Å². The summed E-state index contributed by atoms with van der Waals surface area (Å²) < 4.78 is 0. The summed E-state index contributed by atoms with van der Waals surface area (Å²) in [5.41, 5.74) is 1.02. The Morgan fingerprint density at radius 2 is 2.31 bits per heavy atom. The maximum atomic E-state index is 10.4. The number of nitrogens with zero attached hydrogens (tertiary/aromatic N) is 2. The minimum absolute atomic E-state index is 0.0217. The summed E-state index contributed by atoms with van der Waals surface area (Å²) in [7, 11) is 1.73. The molecular formula is C11H11ClN2O2. The quantitative estimate of drug-likeness (QED) is 0.873. The van der Waals surface area contributed by atoms with E-state index < -0.39 is 5.97 Å². The molecule has 16 heavy (non-hydrogen) atoms. The summed E-state index contributed by atoms with van der Waals surface area (Å²) in [4.78, 5) is 12.1. The molecule has 0 saturated carbocycles. The van der Waals surface area contributed by atoms with Gasteiger partial charge in [0.05, 0.1) is 22.7 Å². The minimum Gasteiger partial charge on any atom is -0.481 e. The lowest BCUT2D eigenvalue weighted by atomic mass is 10.1. The normalized spacial score (nSPS) is 9.56. The number of hydrogen-bond acceptors (Lipinski definition) is 3. The van der Waals surface area contributed by atoms with Gasteiger partial charge in [-0.05, 0) is 12.1 Å². The molecule has 1 rings (SSSR count). The molecule has 0 fully saturated rings. The molecule has 0 saturated heterocycles. The Morgan fingerprint density at radius 1 is 1.62 bits per heavy atom. The average molecular weight is 239 g/mol. The molecule has 0 aromatic heterocycles. The number of hydrogen-bond donors (Lipinski definition) is 1. The van der Waals surface area contributed by atoms with Crippen molar-refractivity contribution in [1.29, 1.82) is 5.26 Å². The number of nitriles is 1. The fourth-order valence-corrected chi connectivity index (χ4v) is 1.54.